The molecule has 0 amide bonds. The van der Waals surface area contributed by atoms with Gasteiger partial charge in [-0.1, -0.05) is 71.8 Å². The lowest BCUT2D eigenvalue weighted by atomic mass is 9.92. The Bertz CT molecular complexity index is 2740. The van der Waals surface area contributed by atoms with Gasteiger partial charge in [-0.3, -0.25) is 30.0 Å². The molecule has 7 aromatic rings. The van der Waals surface area contributed by atoms with E-state index in [9.17, 15) is 14.0 Å². The molecule has 10 rings (SSSR count). The van der Waals surface area contributed by atoms with E-state index in [-0.39, 0.29) is 16.9 Å². The summed E-state index contributed by atoms with van der Waals surface area (Å²) in [6.07, 6.45) is 9.90. The second-order valence-electron chi connectivity index (χ2n) is 16.6. The molecular formula is C47H51FN8O5S. The first-order valence-corrected chi connectivity index (χ1v) is 22.0. The summed E-state index contributed by atoms with van der Waals surface area (Å²) in [4.78, 5) is 26.7. The molecule has 0 atom stereocenters. The maximum absolute atomic E-state index is 13.4. The lowest BCUT2D eigenvalue weighted by Gasteiger charge is -2.21. The van der Waals surface area contributed by atoms with Gasteiger partial charge in [-0.2, -0.15) is 28.0 Å². The van der Waals surface area contributed by atoms with Crippen molar-refractivity contribution in [1.82, 2.24) is 40.0 Å². The topological polar surface area (TPSA) is 176 Å². The molecule has 5 heterocycles. The number of aromatic nitrogens is 8. The van der Waals surface area contributed by atoms with Gasteiger partial charge in [-0.05, 0) is 113 Å². The maximum Gasteiger partial charge on any atom is 0.335 e. The minimum absolute atomic E-state index is 0.0153. The summed E-state index contributed by atoms with van der Waals surface area (Å²) in [6.45, 7) is 5.79. The van der Waals surface area contributed by atoms with E-state index in [1.807, 2.05) is 43.3 Å². The van der Waals surface area contributed by atoms with Crippen LogP contribution in [-0.2, 0) is 35.6 Å². The standard InChI is InChI=1S/C24H23FN4O.C23H28N4O2.O2S/c1-15-2-7-18(8-3-15)23-20(13-6-16-4-11-19(25)12-5-16)24(30)29(28-23)22-14-21(26-27-22)17-9-10-17;1-15-2-5-18(6-3-15)22-19(9-4-16-10-12-29-13-11-16)23(28)27(26-22)21-14-20(24-25-21)17-7-8-17;1-3-2/h2-5,7-8,11-12,14,17,28H,6,9-10,13H2,1H3,(H,26,27);2-3,5-6,14,16-17,26H,4,7-13H2,1H3,(H,24,25);. The molecule has 4 N–H and O–H groups in total. The molecule has 322 valence electrons. The number of halogens is 1. The highest BCUT2D eigenvalue weighted by molar-refractivity contribution is 7.51. The molecule has 1 saturated heterocycles. The average molecular weight is 859 g/mol. The molecule has 0 spiro atoms. The molecule has 62 heavy (non-hydrogen) atoms. The number of aryl methyl sites for hydroxylation is 3. The third-order valence-corrected chi connectivity index (χ3v) is 12.0. The molecule has 13 nitrogen and oxygen atoms in total. The van der Waals surface area contributed by atoms with E-state index < -0.39 is 11.6 Å². The van der Waals surface area contributed by atoms with Gasteiger partial charge in [0.05, 0.1) is 11.4 Å². The molecule has 3 aromatic carbocycles. The molecule has 2 saturated carbocycles. The van der Waals surface area contributed by atoms with E-state index in [4.69, 9.17) is 13.2 Å². The Balaban J connectivity index is 0.000000161. The monoisotopic (exact) mass is 858 g/mol. The van der Waals surface area contributed by atoms with Crippen LogP contribution < -0.4 is 11.1 Å². The van der Waals surface area contributed by atoms with Crippen LogP contribution in [-0.4, -0.2) is 61.6 Å². The second kappa shape index (κ2) is 19.2. The summed E-state index contributed by atoms with van der Waals surface area (Å²) in [5, 5.41) is 21.6. The van der Waals surface area contributed by atoms with Gasteiger partial charge in [0, 0.05) is 59.7 Å². The normalized spacial score (nSPS) is 15.1. The number of nitrogens with zero attached hydrogens (tertiary/aromatic N) is 4. The highest BCUT2D eigenvalue weighted by Crippen LogP contribution is 2.40. The lowest BCUT2D eigenvalue weighted by molar-refractivity contribution is 0.0640. The van der Waals surface area contributed by atoms with Crippen LogP contribution in [0.3, 0.4) is 0 Å². The third kappa shape index (κ3) is 10.1. The molecule has 0 bridgehead atoms. The molecule has 3 aliphatic rings. The van der Waals surface area contributed by atoms with Gasteiger partial charge in [-0.25, -0.2) is 4.39 Å². The van der Waals surface area contributed by atoms with Crippen LogP contribution in [0, 0.1) is 25.6 Å². The van der Waals surface area contributed by atoms with E-state index in [1.165, 1.54) is 48.1 Å². The molecule has 4 aromatic heterocycles. The van der Waals surface area contributed by atoms with Crippen molar-refractivity contribution in [2.24, 2.45) is 5.92 Å². The summed E-state index contributed by atoms with van der Waals surface area (Å²) in [5.74, 6) is 2.72. The fourth-order valence-corrected chi connectivity index (χ4v) is 8.04. The Labute approximate surface area is 361 Å². The van der Waals surface area contributed by atoms with Crippen molar-refractivity contribution in [1.29, 1.82) is 0 Å². The zero-order chi connectivity index (χ0) is 43.2. The molecule has 3 fully saturated rings. The second-order valence-corrected chi connectivity index (χ2v) is 16.8. The summed E-state index contributed by atoms with van der Waals surface area (Å²) in [6, 6.07) is 26.9. The third-order valence-electron chi connectivity index (χ3n) is 12.0. The maximum atomic E-state index is 13.4. The number of hydrogen-bond acceptors (Lipinski definition) is 7. The molecule has 15 heteroatoms. The SMILES string of the molecule is Cc1ccc(-c2[nH]n(-c3cc(C4CC4)[nH]n3)c(=O)c2CCC2CCOCC2)cc1.Cc1ccc(-c2[nH]n(-c3cc(C4CC4)[nH]n3)c(=O)c2CCc2ccc(F)cc2)cc1.O=S=O. The number of rotatable bonds is 12. The average Bonchev–Trinajstić information content (AvgIpc) is 4.15. The largest absolute Gasteiger partial charge is 0.381 e. The Morgan fingerprint density at radius 1 is 0.645 bits per heavy atom. The van der Waals surface area contributed by atoms with Crippen LogP contribution in [0.2, 0.25) is 0 Å². The van der Waals surface area contributed by atoms with E-state index in [0.717, 1.165) is 89.5 Å². The van der Waals surface area contributed by atoms with Crippen LogP contribution in [0.15, 0.2) is 94.5 Å². The van der Waals surface area contributed by atoms with Crippen LogP contribution in [0.5, 0.6) is 0 Å². The van der Waals surface area contributed by atoms with Gasteiger partial charge in [0.25, 0.3) is 11.1 Å². The van der Waals surface area contributed by atoms with Crippen LogP contribution in [0.4, 0.5) is 4.39 Å². The van der Waals surface area contributed by atoms with Gasteiger partial charge in [0.1, 0.15) is 5.82 Å². The predicted octanol–water partition coefficient (Wildman–Crippen LogP) is 8.10. The Morgan fingerprint density at radius 2 is 1.10 bits per heavy atom. The number of hydrogen-bond donors (Lipinski definition) is 4. The predicted molar refractivity (Wildman–Crippen MR) is 236 cm³/mol. The fraction of sp³-hybridized carbons (Fsp3) is 0.362. The summed E-state index contributed by atoms with van der Waals surface area (Å²) < 4.78 is 38.4. The summed E-state index contributed by atoms with van der Waals surface area (Å²) >= 11 is -0.750. The lowest BCUT2D eigenvalue weighted by Crippen LogP contribution is -2.20. The Morgan fingerprint density at radius 3 is 1.55 bits per heavy atom. The van der Waals surface area contributed by atoms with Gasteiger partial charge in [0.2, 0.25) is 0 Å². The van der Waals surface area contributed by atoms with E-state index in [0.29, 0.717) is 47.8 Å². The van der Waals surface area contributed by atoms with Gasteiger partial charge < -0.3 is 4.74 Å². The van der Waals surface area contributed by atoms with Crippen molar-refractivity contribution in [2.45, 2.75) is 89.9 Å². The van der Waals surface area contributed by atoms with Gasteiger partial charge in [-0.15, -0.1) is 0 Å². The Hall–Kier alpha value is -6.19. The molecule has 1 aliphatic heterocycles. The first-order chi connectivity index (χ1) is 30.2. The number of benzene rings is 3. The minimum atomic E-state index is -0.750. The van der Waals surface area contributed by atoms with E-state index >= 15 is 0 Å². The van der Waals surface area contributed by atoms with Crippen molar-refractivity contribution >= 4 is 11.6 Å². The number of aromatic amines is 4. The first kappa shape index (κ1) is 42.5. The highest BCUT2D eigenvalue weighted by Gasteiger charge is 2.28. The molecule has 0 unspecified atom stereocenters. The fourth-order valence-electron chi connectivity index (χ4n) is 8.04. The minimum Gasteiger partial charge on any atom is -0.381 e. The molecule has 2 aliphatic carbocycles. The van der Waals surface area contributed by atoms with Crippen molar-refractivity contribution in [3.8, 4) is 34.2 Å². The van der Waals surface area contributed by atoms with Crippen LogP contribution in [0.25, 0.3) is 34.2 Å². The quantitative estimate of drug-likeness (QED) is 0.0960. The van der Waals surface area contributed by atoms with Crippen molar-refractivity contribution < 1.29 is 17.5 Å². The molecular weight excluding hydrogens is 808 g/mol. The van der Waals surface area contributed by atoms with Crippen molar-refractivity contribution in [2.75, 3.05) is 13.2 Å². The zero-order valence-electron chi connectivity index (χ0n) is 34.9. The zero-order valence-corrected chi connectivity index (χ0v) is 35.7. The van der Waals surface area contributed by atoms with Crippen molar-refractivity contribution in [3.05, 3.63) is 151 Å². The number of nitrogens with one attached hydrogen (secondary N) is 4. The first-order valence-electron chi connectivity index (χ1n) is 21.4. The summed E-state index contributed by atoms with van der Waals surface area (Å²) in [5.41, 5.74) is 10.8. The highest BCUT2D eigenvalue weighted by atomic mass is 32.1. The van der Waals surface area contributed by atoms with E-state index in [1.54, 1.807) is 16.8 Å². The smallest absolute Gasteiger partial charge is 0.335 e. The molecule has 0 radical (unpaired) electrons. The van der Waals surface area contributed by atoms with Crippen LogP contribution >= 0.6 is 0 Å². The summed E-state index contributed by atoms with van der Waals surface area (Å²) in [7, 11) is 0. The van der Waals surface area contributed by atoms with Crippen molar-refractivity contribution in [3.63, 3.8) is 0 Å². The number of ether oxygens (including phenoxy) is 1. The van der Waals surface area contributed by atoms with E-state index in [2.05, 4.69) is 61.8 Å². The van der Waals surface area contributed by atoms with Crippen LogP contribution in [0.1, 0.15) is 96.0 Å². The number of H-pyrrole nitrogens is 4. The Kier molecular flexibility index (Phi) is 13.2. The van der Waals surface area contributed by atoms with Gasteiger partial charge in [0.15, 0.2) is 11.6 Å². The van der Waals surface area contributed by atoms with Gasteiger partial charge >= 0.3 is 11.6 Å².